The lowest BCUT2D eigenvalue weighted by molar-refractivity contribution is -0.133. The van der Waals surface area contributed by atoms with Crippen LogP contribution in [0.25, 0.3) is 17.0 Å². The second-order valence-electron chi connectivity index (χ2n) is 8.92. The molecule has 34 heavy (non-hydrogen) atoms. The zero-order valence-corrected chi connectivity index (χ0v) is 20.6. The molecule has 0 saturated carbocycles. The van der Waals surface area contributed by atoms with Crippen LogP contribution in [-0.2, 0) is 22.7 Å². The fourth-order valence-corrected chi connectivity index (χ4v) is 5.72. The average molecular weight is 491 g/mol. The molecule has 8 heteroatoms. The summed E-state index contributed by atoms with van der Waals surface area (Å²) in [6.45, 7) is 4.59. The van der Waals surface area contributed by atoms with Gasteiger partial charge in [-0.25, -0.2) is 0 Å². The standard InChI is InChI=1S/C26H26N4O2S2/c1-18-8-11-28(12-9-18)24(31)17-29-16-20(21-6-2-3-7-22(21)29)13-23-25(32)30(26(33)34-23)15-19-5-4-10-27-14-19/h2-7,10,13-14,16,18H,8-9,11-12,15,17H2,1H3/b23-13-. The van der Waals surface area contributed by atoms with Crippen LogP contribution < -0.4 is 0 Å². The molecule has 3 aromatic rings. The van der Waals surface area contributed by atoms with Gasteiger partial charge in [0, 0.05) is 48.1 Å². The molecule has 0 radical (unpaired) electrons. The Kier molecular flexibility index (Phi) is 6.52. The highest BCUT2D eigenvalue weighted by Gasteiger charge is 2.32. The Morgan fingerprint density at radius 1 is 1.21 bits per heavy atom. The molecular formula is C26H26N4O2S2. The molecule has 2 saturated heterocycles. The molecule has 0 atom stereocenters. The molecule has 0 bridgehead atoms. The van der Waals surface area contributed by atoms with Crippen molar-refractivity contribution < 1.29 is 9.59 Å². The van der Waals surface area contributed by atoms with Gasteiger partial charge < -0.3 is 9.47 Å². The molecule has 2 aromatic heterocycles. The molecule has 0 unspecified atom stereocenters. The van der Waals surface area contributed by atoms with Gasteiger partial charge in [0.25, 0.3) is 5.91 Å². The number of para-hydroxylation sites is 1. The predicted molar refractivity (Wildman–Crippen MR) is 140 cm³/mol. The lowest BCUT2D eigenvalue weighted by Crippen LogP contribution is -2.39. The zero-order valence-electron chi connectivity index (χ0n) is 19.0. The molecule has 0 spiro atoms. The second kappa shape index (κ2) is 9.72. The Hall–Kier alpha value is -2.97. The van der Waals surface area contributed by atoms with E-state index in [-0.39, 0.29) is 11.8 Å². The van der Waals surface area contributed by atoms with Crippen molar-refractivity contribution >= 4 is 57.1 Å². The number of hydrogen-bond acceptors (Lipinski definition) is 5. The number of thioether (sulfide) groups is 1. The first-order valence-corrected chi connectivity index (χ1v) is 12.7. The Bertz CT molecular complexity index is 1280. The number of amides is 2. The van der Waals surface area contributed by atoms with E-state index in [1.54, 1.807) is 17.3 Å². The second-order valence-corrected chi connectivity index (χ2v) is 10.6. The first-order valence-electron chi connectivity index (χ1n) is 11.5. The number of rotatable bonds is 5. The monoisotopic (exact) mass is 490 g/mol. The number of pyridine rings is 1. The van der Waals surface area contributed by atoms with E-state index >= 15 is 0 Å². The van der Waals surface area contributed by atoms with Crippen LogP contribution in [-0.4, -0.2) is 48.6 Å². The molecule has 2 aliphatic rings. The zero-order chi connectivity index (χ0) is 23.7. The minimum atomic E-state index is -0.103. The van der Waals surface area contributed by atoms with Crippen molar-refractivity contribution in [1.29, 1.82) is 0 Å². The Morgan fingerprint density at radius 2 is 2.00 bits per heavy atom. The maximum Gasteiger partial charge on any atom is 0.266 e. The number of hydrogen-bond donors (Lipinski definition) is 0. The Morgan fingerprint density at radius 3 is 2.76 bits per heavy atom. The van der Waals surface area contributed by atoms with Crippen molar-refractivity contribution in [1.82, 2.24) is 19.4 Å². The summed E-state index contributed by atoms with van der Waals surface area (Å²) < 4.78 is 2.54. The van der Waals surface area contributed by atoms with E-state index < -0.39 is 0 Å². The molecule has 5 rings (SSSR count). The Balaban J connectivity index is 1.39. The van der Waals surface area contributed by atoms with Crippen LogP contribution in [0.15, 0.2) is 59.9 Å². The third kappa shape index (κ3) is 4.65. The predicted octanol–water partition coefficient (Wildman–Crippen LogP) is 4.70. The molecule has 0 aliphatic carbocycles. The molecular weight excluding hydrogens is 464 g/mol. The number of carbonyl (C=O) groups excluding carboxylic acids is 2. The lowest BCUT2D eigenvalue weighted by atomic mass is 9.99. The van der Waals surface area contributed by atoms with Crippen LogP contribution in [0.4, 0.5) is 0 Å². The normalized spacial score (nSPS) is 18.4. The van der Waals surface area contributed by atoms with Crippen molar-refractivity contribution in [3.05, 3.63) is 71.0 Å². The van der Waals surface area contributed by atoms with Gasteiger partial charge in [-0.05, 0) is 42.5 Å². The first-order chi connectivity index (χ1) is 16.5. The number of piperidine rings is 1. The van der Waals surface area contributed by atoms with Crippen molar-refractivity contribution in [2.45, 2.75) is 32.9 Å². The van der Waals surface area contributed by atoms with Gasteiger partial charge in [-0.2, -0.15) is 0 Å². The van der Waals surface area contributed by atoms with Gasteiger partial charge in [0.1, 0.15) is 10.9 Å². The quantitative estimate of drug-likeness (QED) is 0.383. The van der Waals surface area contributed by atoms with Gasteiger partial charge in [-0.1, -0.05) is 55.2 Å². The maximum atomic E-state index is 13.1. The van der Waals surface area contributed by atoms with E-state index in [0.29, 0.717) is 28.2 Å². The van der Waals surface area contributed by atoms with Crippen molar-refractivity contribution in [2.24, 2.45) is 5.92 Å². The molecule has 2 aliphatic heterocycles. The summed E-state index contributed by atoms with van der Waals surface area (Å²) in [5.74, 6) is 0.719. The van der Waals surface area contributed by atoms with Crippen LogP contribution in [0.2, 0.25) is 0 Å². The van der Waals surface area contributed by atoms with E-state index in [2.05, 4.69) is 11.9 Å². The topological polar surface area (TPSA) is 58.4 Å². The molecule has 4 heterocycles. The number of carbonyl (C=O) groups is 2. The lowest BCUT2D eigenvalue weighted by Gasteiger charge is -2.30. The smallest absolute Gasteiger partial charge is 0.266 e. The van der Waals surface area contributed by atoms with Gasteiger partial charge in [-0.15, -0.1) is 0 Å². The fraction of sp³-hybridized carbons (Fsp3) is 0.308. The molecule has 2 fully saturated rings. The summed E-state index contributed by atoms with van der Waals surface area (Å²) in [4.78, 5) is 34.4. The van der Waals surface area contributed by atoms with Gasteiger partial charge in [0.15, 0.2) is 0 Å². The number of nitrogens with zero attached hydrogens (tertiary/aromatic N) is 4. The minimum Gasteiger partial charge on any atom is -0.341 e. The molecule has 6 nitrogen and oxygen atoms in total. The number of likely N-dealkylation sites (tertiary alicyclic amines) is 1. The molecule has 0 N–H and O–H groups in total. The maximum absolute atomic E-state index is 13.1. The largest absolute Gasteiger partial charge is 0.341 e. The highest BCUT2D eigenvalue weighted by Crippen LogP contribution is 2.35. The summed E-state index contributed by atoms with van der Waals surface area (Å²) in [6, 6.07) is 11.8. The van der Waals surface area contributed by atoms with Crippen LogP contribution >= 0.6 is 24.0 Å². The summed E-state index contributed by atoms with van der Waals surface area (Å²) in [5.41, 5.74) is 2.83. The summed E-state index contributed by atoms with van der Waals surface area (Å²) >= 11 is 6.81. The molecule has 2 amide bonds. The average Bonchev–Trinajstić information content (AvgIpc) is 3.32. The van der Waals surface area contributed by atoms with Crippen molar-refractivity contribution in [3.63, 3.8) is 0 Å². The van der Waals surface area contributed by atoms with Crippen LogP contribution in [0.1, 0.15) is 30.9 Å². The summed E-state index contributed by atoms with van der Waals surface area (Å²) in [7, 11) is 0. The van der Waals surface area contributed by atoms with Crippen LogP contribution in [0.5, 0.6) is 0 Å². The van der Waals surface area contributed by atoms with Gasteiger partial charge in [0.05, 0.1) is 11.4 Å². The van der Waals surface area contributed by atoms with Gasteiger partial charge in [-0.3, -0.25) is 19.5 Å². The van der Waals surface area contributed by atoms with Gasteiger partial charge in [0.2, 0.25) is 5.91 Å². The van der Waals surface area contributed by atoms with E-state index in [1.807, 2.05) is 58.1 Å². The first kappa shape index (κ1) is 22.8. The third-order valence-electron chi connectivity index (χ3n) is 6.49. The molecule has 1 aromatic carbocycles. The number of thiocarbonyl (C=S) groups is 1. The van der Waals surface area contributed by atoms with E-state index in [0.717, 1.165) is 48.0 Å². The van der Waals surface area contributed by atoms with Gasteiger partial charge >= 0.3 is 0 Å². The number of fused-ring (bicyclic) bond motifs is 1. The molecule has 174 valence electrons. The number of benzene rings is 1. The highest BCUT2D eigenvalue weighted by molar-refractivity contribution is 8.26. The third-order valence-corrected chi connectivity index (χ3v) is 7.86. The van der Waals surface area contributed by atoms with Crippen molar-refractivity contribution in [3.8, 4) is 0 Å². The number of aromatic nitrogens is 2. The summed E-state index contributed by atoms with van der Waals surface area (Å²) in [6.07, 6.45) is 9.45. The van der Waals surface area contributed by atoms with E-state index in [1.165, 1.54) is 11.8 Å². The fourth-order valence-electron chi connectivity index (χ4n) is 4.48. The highest BCUT2D eigenvalue weighted by atomic mass is 32.2. The van der Waals surface area contributed by atoms with Crippen LogP contribution in [0, 0.1) is 5.92 Å². The van der Waals surface area contributed by atoms with E-state index in [4.69, 9.17) is 12.2 Å². The summed E-state index contributed by atoms with van der Waals surface area (Å²) in [5, 5.41) is 1.01. The van der Waals surface area contributed by atoms with Crippen LogP contribution in [0.3, 0.4) is 0 Å². The van der Waals surface area contributed by atoms with E-state index in [9.17, 15) is 9.59 Å². The Labute approximate surface area is 208 Å². The minimum absolute atomic E-state index is 0.103. The van der Waals surface area contributed by atoms with Crippen molar-refractivity contribution in [2.75, 3.05) is 13.1 Å². The SMILES string of the molecule is CC1CCN(C(=O)Cn2cc(/C=C3\SC(=S)N(Cc4cccnc4)C3=O)c3ccccc32)CC1.